The van der Waals surface area contributed by atoms with Gasteiger partial charge in [0.25, 0.3) is 0 Å². The van der Waals surface area contributed by atoms with Crippen molar-refractivity contribution in [3.05, 3.63) is 11.1 Å². The highest BCUT2D eigenvalue weighted by Crippen LogP contribution is 2.24. The fourth-order valence-corrected chi connectivity index (χ4v) is 2.29. The maximum Gasteiger partial charge on any atom is 0.0906 e. The molecule has 0 aliphatic carbocycles. The number of nitrogens with zero attached hydrogens (tertiary/aromatic N) is 2. The molecule has 0 bridgehead atoms. The SMILES string of the molecule is CN1CC2=C(C1)CN(CCCF)C2. The Labute approximate surface area is 79.0 Å². The van der Waals surface area contributed by atoms with Crippen molar-refractivity contribution in [1.29, 1.82) is 0 Å². The zero-order valence-corrected chi connectivity index (χ0v) is 8.22. The third kappa shape index (κ3) is 1.92. The fourth-order valence-electron chi connectivity index (χ4n) is 2.29. The Morgan fingerprint density at radius 3 is 2.31 bits per heavy atom. The van der Waals surface area contributed by atoms with E-state index in [0.717, 1.165) is 32.7 Å². The first-order valence-corrected chi connectivity index (χ1v) is 4.96. The first-order valence-electron chi connectivity index (χ1n) is 4.96. The molecule has 0 spiro atoms. The van der Waals surface area contributed by atoms with Gasteiger partial charge < -0.3 is 0 Å². The van der Waals surface area contributed by atoms with Crippen LogP contribution in [0.2, 0.25) is 0 Å². The topological polar surface area (TPSA) is 6.48 Å². The van der Waals surface area contributed by atoms with Crippen LogP contribution in [0.3, 0.4) is 0 Å². The van der Waals surface area contributed by atoms with Gasteiger partial charge in [-0.1, -0.05) is 0 Å². The van der Waals surface area contributed by atoms with E-state index < -0.39 is 0 Å². The van der Waals surface area contributed by atoms with Crippen LogP contribution in [-0.2, 0) is 0 Å². The number of hydrogen-bond donors (Lipinski definition) is 0. The summed E-state index contributed by atoms with van der Waals surface area (Å²) in [5.41, 5.74) is 3.17. The molecule has 2 rings (SSSR count). The molecule has 0 fully saturated rings. The first kappa shape index (κ1) is 9.16. The van der Waals surface area contributed by atoms with E-state index in [4.69, 9.17) is 0 Å². The van der Waals surface area contributed by atoms with E-state index in [9.17, 15) is 4.39 Å². The van der Waals surface area contributed by atoms with Gasteiger partial charge in [-0.3, -0.25) is 14.2 Å². The van der Waals surface area contributed by atoms with Crippen molar-refractivity contribution in [2.24, 2.45) is 0 Å². The molecule has 13 heavy (non-hydrogen) atoms. The van der Waals surface area contributed by atoms with Gasteiger partial charge in [-0.25, -0.2) is 0 Å². The lowest BCUT2D eigenvalue weighted by atomic mass is 10.2. The molecule has 2 aliphatic heterocycles. The largest absolute Gasteiger partial charge is 0.298 e. The molecule has 0 amide bonds. The molecule has 0 N–H and O–H groups in total. The molecule has 0 aromatic carbocycles. The second-order valence-corrected chi connectivity index (χ2v) is 4.13. The highest BCUT2D eigenvalue weighted by molar-refractivity contribution is 5.29. The van der Waals surface area contributed by atoms with Gasteiger partial charge in [-0.05, 0) is 24.6 Å². The average molecular weight is 184 g/mol. The average Bonchev–Trinajstić information content (AvgIpc) is 2.57. The van der Waals surface area contributed by atoms with Crippen LogP contribution >= 0.6 is 0 Å². The van der Waals surface area contributed by atoms with Crippen molar-refractivity contribution in [3.8, 4) is 0 Å². The maximum atomic E-state index is 12.0. The molecule has 0 unspecified atom stereocenters. The molecule has 2 nitrogen and oxygen atoms in total. The summed E-state index contributed by atoms with van der Waals surface area (Å²) < 4.78 is 12.0. The van der Waals surface area contributed by atoms with Crippen LogP contribution in [0.4, 0.5) is 4.39 Å². The van der Waals surface area contributed by atoms with Crippen molar-refractivity contribution >= 4 is 0 Å². The smallest absolute Gasteiger partial charge is 0.0906 e. The molecule has 74 valence electrons. The summed E-state index contributed by atoms with van der Waals surface area (Å²) >= 11 is 0. The molecule has 0 saturated heterocycles. The highest BCUT2D eigenvalue weighted by atomic mass is 19.1. The molecule has 0 atom stereocenters. The molecular formula is C10H17FN2. The number of halogens is 1. The van der Waals surface area contributed by atoms with Crippen LogP contribution in [0.15, 0.2) is 11.1 Å². The summed E-state index contributed by atoms with van der Waals surface area (Å²) in [7, 11) is 2.16. The molecule has 0 aromatic rings. The van der Waals surface area contributed by atoms with E-state index in [2.05, 4.69) is 16.8 Å². The molecule has 2 aliphatic rings. The van der Waals surface area contributed by atoms with Crippen molar-refractivity contribution in [3.63, 3.8) is 0 Å². The van der Waals surface area contributed by atoms with Gasteiger partial charge in [0, 0.05) is 32.7 Å². The second-order valence-electron chi connectivity index (χ2n) is 4.13. The van der Waals surface area contributed by atoms with Gasteiger partial charge in [-0.15, -0.1) is 0 Å². The van der Waals surface area contributed by atoms with E-state index in [1.807, 2.05) is 0 Å². The Balaban J connectivity index is 1.80. The number of likely N-dealkylation sites (N-methyl/N-ethyl adjacent to an activating group) is 1. The van der Waals surface area contributed by atoms with Crippen molar-refractivity contribution in [2.75, 3.05) is 46.4 Å². The van der Waals surface area contributed by atoms with E-state index in [1.54, 1.807) is 11.1 Å². The van der Waals surface area contributed by atoms with Crippen LogP contribution in [0, 0.1) is 0 Å². The molecule has 3 heteroatoms. The molecule has 0 saturated carbocycles. The van der Waals surface area contributed by atoms with Gasteiger partial charge in [0.15, 0.2) is 0 Å². The highest BCUT2D eigenvalue weighted by Gasteiger charge is 2.27. The van der Waals surface area contributed by atoms with Crippen molar-refractivity contribution < 1.29 is 4.39 Å². The summed E-state index contributed by atoms with van der Waals surface area (Å²) in [5, 5.41) is 0. The summed E-state index contributed by atoms with van der Waals surface area (Å²) in [6.07, 6.45) is 0.691. The van der Waals surface area contributed by atoms with Crippen LogP contribution in [0.25, 0.3) is 0 Å². The molecular weight excluding hydrogens is 167 g/mol. The molecule has 0 radical (unpaired) electrons. The minimum absolute atomic E-state index is 0.179. The fraction of sp³-hybridized carbons (Fsp3) is 0.800. The zero-order valence-electron chi connectivity index (χ0n) is 8.22. The first-order chi connectivity index (χ1) is 6.29. The predicted octanol–water partition coefficient (Wildman–Crippen LogP) is 0.904. The Hall–Kier alpha value is -0.410. The van der Waals surface area contributed by atoms with E-state index >= 15 is 0 Å². The van der Waals surface area contributed by atoms with Crippen LogP contribution in [0.5, 0.6) is 0 Å². The third-order valence-electron chi connectivity index (χ3n) is 2.86. The minimum Gasteiger partial charge on any atom is -0.298 e. The van der Waals surface area contributed by atoms with Crippen molar-refractivity contribution in [1.82, 2.24) is 9.80 Å². The standard InChI is InChI=1S/C10H17FN2/c1-12-5-9-7-13(4-2-3-11)8-10(9)6-12/h2-8H2,1H3. The van der Waals surface area contributed by atoms with Crippen molar-refractivity contribution in [2.45, 2.75) is 6.42 Å². The zero-order chi connectivity index (χ0) is 9.26. The van der Waals surface area contributed by atoms with Gasteiger partial charge >= 0.3 is 0 Å². The van der Waals surface area contributed by atoms with Gasteiger partial charge in [0.1, 0.15) is 0 Å². The van der Waals surface area contributed by atoms with Gasteiger partial charge in [-0.2, -0.15) is 0 Å². The second kappa shape index (κ2) is 3.76. The summed E-state index contributed by atoms with van der Waals surface area (Å²) in [5.74, 6) is 0. The summed E-state index contributed by atoms with van der Waals surface area (Å²) in [4.78, 5) is 4.70. The van der Waals surface area contributed by atoms with E-state index in [0.29, 0.717) is 6.42 Å². The van der Waals surface area contributed by atoms with E-state index in [-0.39, 0.29) is 6.67 Å². The lowest BCUT2D eigenvalue weighted by molar-refractivity contribution is 0.295. The van der Waals surface area contributed by atoms with E-state index in [1.165, 1.54) is 0 Å². The van der Waals surface area contributed by atoms with Gasteiger partial charge in [0.05, 0.1) is 6.67 Å². The Kier molecular flexibility index (Phi) is 2.65. The lowest BCUT2D eigenvalue weighted by Crippen LogP contribution is -2.28. The monoisotopic (exact) mass is 184 g/mol. The Morgan fingerprint density at radius 1 is 1.15 bits per heavy atom. The lowest BCUT2D eigenvalue weighted by Gasteiger charge is -2.19. The van der Waals surface area contributed by atoms with Crippen LogP contribution in [-0.4, -0.2) is 56.2 Å². The third-order valence-corrected chi connectivity index (χ3v) is 2.86. The normalized spacial score (nSPS) is 24.5. The number of hydrogen-bond acceptors (Lipinski definition) is 2. The molecule has 2 heterocycles. The number of rotatable bonds is 3. The van der Waals surface area contributed by atoms with Crippen LogP contribution in [0.1, 0.15) is 6.42 Å². The quantitative estimate of drug-likeness (QED) is 0.601. The van der Waals surface area contributed by atoms with Gasteiger partial charge in [0.2, 0.25) is 0 Å². The summed E-state index contributed by atoms with van der Waals surface area (Å²) in [6, 6.07) is 0. The summed E-state index contributed by atoms with van der Waals surface area (Å²) in [6.45, 7) is 5.16. The minimum atomic E-state index is -0.179. The number of alkyl halides is 1. The Bertz CT molecular complexity index is 207. The predicted molar refractivity (Wildman–Crippen MR) is 51.6 cm³/mol. The Morgan fingerprint density at radius 2 is 1.77 bits per heavy atom. The maximum absolute atomic E-state index is 12.0. The molecule has 0 aromatic heterocycles. The van der Waals surface area contributed by atoms with Crippen LogP contribution < -0.4 is 0 Å².